The summed E-state index contributed by atoms with van der Waals surface area (Å²) >= 11 is 0. The maximum atomic E-state index is 15.5. The molecule has 0 saturated heterocycles. The van der Waals surface area contributed by atoms with Gasteiger partial charge in [-0.05, 0) is 67.3 Å². The Morgan fingerprint density at radius 3 is 2.42 bits per heavy atom. The highest BCUT2D eigenvalue weighted by Crippen LogP contribution is 2.42. The number of alkyl halides is 2. The molecule has 1 atom stereocenters. The number of carbonyl (C=O) groups excluding carboxylic acids is 1. The summed E-state index contributed by atoms with van der Waals surface area (Å²) < 4.78 is 57.8. The third-order valence-corrected chi connectivity index (χ3v) is 7.32. The van der Waals surface area contributed by atoms with Crippen molar-refractivity contribution in [3.05, 3.63) is 70.4 Å². The number of hydrogen-bond acceptors (Lipinski definition) is 2. The number of aromatic amines is 1. The molecule has 3 aromatic rings. The van der Waals surface area contributed by atoms with E-state index in [9.17, 15) is 13.6 Å². The molecule has 1 N–H and O–H groups in total. The summed E-state index contributed by atoms with van der Waals surface area (Å²) in [7, 11) is 0. The highest BCUT2D eigenvalue weighted by atomic mass is 19.3. The Morgan fingerprint density at radius 2 is 1.76 bits per heavy atom. The molecule has 0 spiro atoms. The van der Waals surface area contributed by atoms with Gasteiger partial charge in [0, 0.05) is 34.6 Å². The van der Waals surface area contributed by atoms with Gasteiger partial charge < -0.3 is 9.78 Å². The number of aromatic nitrogens is 1. The second-order valence-corrected chi connectivity index (χ2v) is 9.25. The molecule has 2 aromatic carbocycles. The SMILES string of the molecule is O=CC1CCC(c2cc(F)c(C3c4[nH]c5ccccc5c4CCN3CC(F)F)c(F)c2)CC1. The Morgan fingerprint density at radius 1 is 1.06 bits per heavy atom. The average molecular weight is 458 g/mol. The molecule has 1 fully saturated rings. The van der Waals surface area contributed by atoms with Crippen LogP contribution in [-0.2, 0) is 11.2 Å². The van der Waals surface area contributed by atoms with Crippen molar-refractivity contribution in [1.29, 1.82) is 0 Å². The molecule has 2 aliphatic rings. The molecule has 3 nitrogen and oxygen atoms in total. The molecule has 0 amide bonds. The number of aldehydes is 1. The third kappa shape index (κ3) is 4.07. The number of para-hydroxylation sites is 1. The fourth-order valence-corrected chi connectivity index (χ4v) is 5.68. The molecule has 1 unspecified atom stereocenters. The van der Waals surface area contributed by atoms with Crippen molar-refractivity contribution in [2.45, 2.75) is 50.5 Å². The quantitative estimate of drug-likeness (QED) is 0.369. The Hall–Kier alpha value is -2.67. The van der Waals surface area contributed by atoms with Crippen LogP contribution in [0.5, 0.6) is 0 Å². The second kappa shape index (κ2) is 8.93. The minimum absolute atomic E-state index is 0.00795. The largest absolute Gasteiger partial charge is 0.357 e. The molecule has 174 valence electrons. The first-order chi connectivity index (χ1) is 16.0. The minimum Gasteiger partial charge on any atom is -0.357 e. The number of H-pyrrole nitrogens is 1. The highest BCUT2D eigenvalue weighted by molar-refractivity contribution is 5.85. The second-order valence-electron chi connectivity index (χ2n) is 9.25. The number of carbonyl (C=O) groups is 1. The van der Waals surface area contributed by atoms with Crippen molar-refractivity contribution < 1.29 is 22.4 Å². The molecule has 2 heterocycles. The van der Waals surface area contributed by atoms with Crippen molar-refractivity contribution in [3.63, 3.8) is 0 Å². The zero-order valence-electron chi connectivity index (χ0n) is 18.2. The van der Waals surface area contributed by atoms with Crippen molar-refractivity contribution in [3.8, 4) is 0 Å². The molecule has 1 aliphatic carbocycles. The molecular formula is C26H26F4N2O. The zero-order chi connectivity index (χ0) is 23.1. The van der Waals surface area contributed by atoms with E-state index in [4.69, 9.17) is 0 Å². The summed E-state index contributed by atoms with van der Waals surface area (Å²) in [4.78, 5) is 15.8. The third-order valence-electron chi connectivity index (χ3n) is 7.32. The van der Waals surface area contributed by atoms with E-state index in [0.717, 1.165) is 22.8 Å². The minimum atomic E-state index is -2.61. The van der Waals surface area contributed by atoms with Gasteiger partial charge in [-0.2, -0.15) is 0 Å². The van der Waals surface area contributed by atoms with Crippen LogP contribution in [0, 0.1) is 17.6 Å². The normalized spacial score (nSPS) is 23.7. The van der Waals surface area contributed by atoms with Crippen molar-refractivity contribution in [1.82, 2.24) is 9.88 Å². The Bertz CT molecular complexity index is 1140. The molecule has 1 aromatic heterocycles. The van der Waals surface area contributed by atoms with Gasteiger partial charge in [-0.25, -0.2) is 17.6 Å². The van der Waals surface area contributed by atoms with E-state index >= 15 is 8.78 Å². The number of halogens is 4. The fraction of sp³-hybridized carbons (Fsp3) is 0.423. The lowest BCUT2D eigenvalue weighted by Crippen LogP contribution is -2.40. The van der Waals surface area contributed by atoms with E-state index in [1.54, 1.807) is 0 Å². The predicted molar refractivity (Wildman–Crippen MR) is 119 cm³/mol. The first kappa shape index (κ1) is 22.1. The Labute approximate surface area is 189 Å². The van der Waals surface area contributed by atoms with Gasteiger partial charge in [-0.3, -0.25) is 4.90 Å². The van der Waals surface area contributed by atoms with Crippen molar-refractivity contribution >= 4 is 17.2 Å². The summed E-state index contributed by atoms with van der Waals surface area (Å²) in [6.07, 6.45) is 1.70. The molecule has 1 aliphatic heterocycles. The van der Waals surface area contributed by atoms with Crippen LogP contribution in [0.1, 0.15) is 60.0 Å². The van der Waals surface area contributed by atoms with E-state index in [0.29, 0.717) is 49.9 Å². The summed E-state index contributed by atoms with van der Waals surface area (Å²) in [6, 6.07) is 9.36. The fourth-order valence-electron chi connectivity index (χ4n) is 5.68. The summed E-state index contributed by atoms with van der Waals surface area (Å²) in [5, 5.41) is 0.957. The molecule has 0 radical (unpaired) electrons. The van der Waals surface area contributed by atoms with Gasteiger partial charge in [0.2, 0.25) is 0 Å². The zero-order valence-corrected chi connectivity index (χ0v) is 18.2. The van der Waals surface area contributed by atoms with Crippen LogP contribution in [0.25, 0.3) is 10.9 Å². The van der Waals surface area contributed by atoms with E-state index < -0.39 is 30.6 Å². The van der Waals surface area contributed by atoms with Crippen LogP contribution in [0.15, 0.2) is 36.4 Å². The highest BCUT2D eigenvalue weighted by Gasteiger charge is 2.37. The Kier molecular flexibility index (Phi) is 5.99. The summed E-state index contributed by atoms with van der Waals surface area (Å²) in [6.45, 7) is -0.268. The van der Waals surface area contributed by atoms with E-state index in [1.165, 1.54) is 17.0 Å². The Balaban J connectivity index is 1.56. The summed E-state index contributed by atoms with van der Waals surface area (Å²) in [5.74, 6) is -1.41. The number of benzene rings is 2. The van der Waals surface area contributed by atoms with Gasteiger partial charge in [0.25, 0.3) is 6.43 Å². The van der Waals surface area contributed by atoms with Gasteiger partial charge in [0.1, 0.15) is 17.9 Å². The lowest BCUT2D eigenvalue weighted by molar-refractivity contribution is -0.111. The van der Waals surface area contributed by atoms with E-state index in [1.807, 2.05) is 24.3 Å². The maximum absolute atomic E-state index is 15.5. The summed E-state index contributed by atoms with van der Waals surface area (Å²) in [5.41, 5.74) is 2.73. The van der Waals surface area contributed by atoms with Gasteiger partial charge >= 0.3 is 0 Å². The van der Waals surface area contributed by atoms with Gasteiger partial charge in [0.15, 0.2) is 0 Å². The number of nitrogens with one attached hydrogen (secondary N) is 1. The smallest absolute Gasteiger partial charge is 0.251 e. The van der Waals surface area contributed by atoms with E-state index in [2.05, 4.69) is 4.98 Å². The van der Waals surface area contributed by atoms with Crippen LogP contribution in [0.4, 0.5) is 17.6 Å². The van der Waals surface area contributed by atoms with Gasteiger partial charge in [0.05, 0.1) is 12.6 Å². The topological polar surface area (TPSA) is 36.1 Å². The molecular weight excluding hydrogens is 432 g/mol. The van der Waals surface area contributed by atoms with Crippen LogP contribution in [0.3, 0.4) is 0 Å². The molecule has 1 saturated carbocycles. The molecule has 7 heteroatoms. The number of nitrogens with zero attached hydrogens (tertiary/aromatic N) is 1. The monoisotopic (exact) mass is 458 g/mol. The first-order valence-electron chi connectivity index (χ1n) is 11.5. The predicted octanol–water partition coefficient (Wildman–Crippen LogP) is 6.13. The number of rotatable bonds is 5. The van der Waals surface area contributed by atoms with Crippen LogP contribution >= 0.6 is 0 Å². The van der Waals surface area contributed by atoms with Gasteiger partial charge in [-0.15, -0.1) is 0 Å². The van der Waals surface area contributed by atoms with Crippen molar-refractivity contribution in [2.75, 3.05) is 13.1 Å². The standard InChI is InChI=1S/C26H26F4N2O/c27-20-11-17(16-7-5-15(14-33)6-8-16)12-21(28)24(20)26-25-19(9-10-32(26)13-23(29)30)18-3-1-2-4-22(18)31-25/h1-4,11-12,14-16,23,26,31H,5-10,13H2. The van der Waals surface area contributed by atoms with Crippen LogP contribution in [-0.4, -0.2) is 35.7 Å². The lowest BCUT2D eigenvalue weighted by atomic mass is 9.78. The molecule has 33 heavy (non-hydrogen) atoms. The number of fused-ring (bicyclic) bond motifs is 3. The number of hydrogen-bond donors (Lipinski definition) is 1. The lowest BCUT2D eigenvalue weighted by Gasteiger charge is -2.36. The van der Waals surface area contributed by atoms with Crippen molar-refractivity contribution in [2.24, 2.45) is 5.92 Å². The van der Waals surface area contributed by atoms with E-state index in [-0.39, 0.29) is 17.4 Å². The van der Waals surface area contributed by atoms with Gasteiger partial charge in [-0.1, -0.05) is 18.2 Å². The first-order valence-corrected chi connectivity index (χ1v) is 11.5. The molecule has 0 bridgehead atoms. The molecule has 5 rings (SSSR count). The van der Waals surface area contributed by atoms with Crippen LogP contribution in [0.2, 0.25) is 0 Å². The van der Waals surface area contributed by atoms with Crippen LogP contribution < -0.4 is 0 Å². The maximum Gasteiger partial charge on any atom is 0.251 e. The average Bonchev–Trinajstić information content (AvgIpc) is 3.18.